The van der Waals surface area contributed by atoms with E-state index in [1.807, 2.05) is 13.8 Å². The third-order valence-electron chi connectivity index (χ3n) is 3.03. The Morgan fingerprint density at radius 2 is 1.87 bits per heavy atom. The van der Waals surface area contributed by atoms with Crippen LogP contribution in [0.4, 0.5) is 8.78 Å². The van der Waals surface area contributed by atoms with Crippen LogP contribution in [0.2, 0.25) is 0 Å². The molecule has 2 N–H and O–H groups in total. The van der Waals surface area contributed by atoms with Crippen LogP contribution >= 0.6 is 0 Å². The number of halogens is 2. The number of rotatable bonds is 3. The second-order valence-corrected chi connectivity index (χ2v) is 4.79. The molecule has 0 aliphatic heterocycles. The molecule has 0 bridgehead atoms. The van der Waals surface area contributed by atoms with Crippen molar-refractivity contribution in [3.8, 4) is 0 Å². The number of carbonyl (C=O) groups excluding carboxylic acids is 1. The van der Waals surface area contributed by atoms with Crippen molar-refractivity contribution in [3.63, 3.8) is 0 Å². The van der Waals surface area contributed by atoms with Gasteiger partial charge in [-0.2, -0.15) is 0 Å². The summed E-state index contributed by atoms with van der Waals surface area (Å²) in [5.41, 5.74) is -1.40. The third-order valence-corrected chi connectivity index (χ3v) is 3.03. The predicted octanol–water partition coefficient (Wildman–Crippen LogP) is 1.95. The Morgan fingerprint density at radius 3 is 2.43 bits per heavy atom. The zero-order chi connectivity index (χ0) is 17.7. The summed E-state index contributed by atoms with van der Waals surface area (Å²) in [7, 11) is 1.41. The van der Waals surface area contributed by atoms with Gasteiger partial charge in [-0.3, -0.25) is 9.59 Å². The van der Waals surface area contributed by atoms with E-state index in [0.717, 1.165) is 18.3 Å². The molecule has 2 rings (SSSR count). The van der Waals surface area contributed by atoms with E-state index >= 15 is 0 Å². The van der Waals surface area contributed by atoms with Gasteiger partial charge in [-0.1, -0.05) is 13.8 Å². The normalized spacial score (nSPS) is 11.6. The number of pyridine rings is 1. The SMILES string of the molecule is CC.CC(O)CNC(=O)c1cn(C)c2c(F)ccc(F)c2c1=O. The highest BCUT2D eigenvalue weighted by molar-refractivity contribution is 5.97. The van der Waals surface area contributed by atoms with Crippen LogP contribution in [-0.4, -0.2) is 28.2 Å². The van der Waals surface area contributed by atoms with Gasteiger partial charge in [0.25, 0.3) is 5.91 Å². The Hall–Kier alpha value is -2.28. The molecule has 0 fully saturated rings. The van der Waals surface area contributed by atoms with E-state index in [4.69, 9.17) is 5.11 Å². The van der Waals surface area contributed by atoms with Crippen molar-refractivity contribution < 1.29 is 18.7 Å². The Kier molecular flexibility index (Phi) is 6.38. The summed E-state index contributed by atoms with van der Waals surface area (Å²) in [4.78, 5) is 24.1. The molecule has 1 atom stereocenters. The lowest BCUT2D eigenvalue weighted by Crippen LogP contribution is -2.34. The standard InChI is InChI=1S/C14H14F2N2O3.C2H6/c1-7(19)5-17-14(21)8-6-18(2)12-10(16)4-3-9(15)11(12)13(8)20;1-2/h3-4,6-7,19H,5H2,1-2H3,(H,17,21);1-2H3. The molecule has 0 aliphatic carbocycles. The summed E-state index contributed by atoms with van der Waals surface area (Å²) in [6.07, 6.45) is 0.359. The Balaban J connectivity index is 0.00000127. The molecular formula is C16H20F2N2O3. The Bertz CT molecular complexity index is 770. The Morgan fingerprint density at radius 1 is 1.30 bits per heavy atom. The topological polar surface area (TPSA) is 71.3 Å². The minimum Gasteiger partial charge on any atom is -0.392 e. The van der Waals surface area contributed by atoms with E-state index in [9.17, 15) is 18.4 Å². The highest BCUT2D eigenvalue weighted by Gasteiger charge is 2.19. The molecule has 5 nitrogen and oxygen atoms in total. The summed E-state index contributed by atoms with van der Waals surface area (Å²) in [6, 6.07) is 1.76. The lowest BCUT2D eigenvalue weighted by molar-refractivity contribution is 0.0922. The molecule has 0 saturated heterocycles. The molecular weight excluding hydrogens is 306 g/mol. The number of nitrogens with one attached hydrogen (secondary N) is 1. The van der Waals surface area contributed by atoms with Crippen LogP contribution in [-0.2, 0) is 7.05 Å². The number of fused-ring (bicyclic) bond motifs is 1. The summed E-state index contributed by atoms with van der Waals surface area (Å²) in [5.74, 6) is -2.39. The first kappa shape index (κ1) is 18.8. The fourth-order valence-electron chi connectivity index (χ4n) is 2.05. The number of aliphatic hydroxyl groups is 1. The van der Waals surface area contributed by atoms with Crippen molar-refractivity contribution in [2.24, 2.45) is 7.05 Å². The van der Waals surface area contributed by atoms with Gasteiger partial charge in [0.2, 0.25) is 5.43 Å². The molecule has 0 saturated carbocycles. The molecule has 1 unspecified atom stereocenters. The highest BCUT2D eigenvalue weighted by atomic mass is 19.1. The number of amides is 1. The maximum absolute atomic E-state index is 13.8. The first-order chi connectivity index (χ1) is 10.8. The van der Waals surface area contributed by atoms with Gasteiger partial charge >= 0.3 is 0 Å². The average molecular weight is 326 g/mol. The van der Waals surface area contributed by atoms with Crippen LogP contribution < -0.4 is 10.7 Å². The predicted molar refractivity (Wildman–Crippen MR) is 84.5 cm³/mol. The van der Waals surface area contributed by atoms with E-state index in [1.165, 1.54) is 18.5 Å². The number of aryl methyl sites for hydroxylation is 1. The average Bonchev–Trinajstić information content (AvgIpc) is 2.52. The minimum absolute atomic E-state index is 0.0499. The van der Waals surface area contributed by atoms with Crippen molar-refractivity contribution in [1.29, 1.82) is 0 Å². The van der Waals surface area contributed by atoms with E-state index in [2.05, 4.69) is 5.32 Å². The van der Waals surface area contributed by atoms with Gasteiger partial charge in [-0.05, 0) is 19.1 Å². The Labute approximate surface area is 132 Å². The maximum atomic E-state index is 13.8. The van der Waals surface area contributed by atoms with Gasteiger partial charge < -0.3 is 15.0 Å². The zero-order valence-corrected chi connectivity index (χ0v) is 13.5. The fourth-order valence-corrected chi connectivity index (χ4v) is 2.05. The first-order valence-electron chi connectivity index (χ1n) is 7.26. The van der Waals surface area contributed by atoms with Gasteiger partial charge in [0, 0.05) is 19.8 Å². The number of aliphatic hydroxyl groups excluding tert-OH is 1. The molecule has 2 aromatic rings. The minimum atomic E-state index is -0.892. The number of hydrogen-bond donors (Lipinski definition) is 2. The van der Waals surface area contributed by atoms with Crippen molar-refractivity contribution >= 4 is 16.8 Å². The monoisotopic (exact) mass is 326 g/mol. The number of carbonyl (C=O) groups is 1. The van der Waals surface area contributed by atoms with E-state index in [0.29, 0.717) is 0 Å². The lowest BCUT2D eigenvalue weighted by Gasteiger charge is -2.11. The van der Waals surface area contributed by atoms with Crippen molar-refractivity contribution in [3.05, 3.63) is 45.8 Å². The van der Waals surface area contributed by atoms with Crippen molar-refractivity contribution in [2.75, 3.05) is 6.54 Å². The number of benzene rings is 1. The number of hydrogen-bond acceptors (Lipinski definition) is 3. The molecule has 0 spiro atoms. The second-order valence-electron chi connectivity index (χ2n) is 4.79. The van der Waals surface area contributed by atoms with Crippen LogP contribution in [0.3, 0.4) is 0 Å². The fraction of sp³-hybridized carbons (Fsp3) is 0.375. The number of aromatic nitrogens is 1. The molecule has 23 heavy (non-hydrogen) atoms. The van der Waals surface area contributed by atoms with Gasteiger partial charge in [0.05, 0.1) is 17.0 Å². The summed E-state index contributed by atoms with van der Waals surface area (Å²) in [6.45, 7) is 5.42. The molecule has 126 valence electrons. The largest absolute Gasteiger partial charge is 0.392 e. The maximum Gasteiger partial charge on any atom is 0.256 e. The molecule has 0 aliphatic rings. The van der Waals surface area contributed by atoms with Gasteiger partial charge in [-0.15, -0.1) is 0 Å². The van der Waals surface area contributed by atoms with E-state index < -0.39 is 34.5 Å². The first-order valence-corrected chi connectivity index (χ1v) is 7.26. The molecule has 7 heteroatoms. The van der Waals surface area contributed by atoms with Crippen LogP contribution in [0.5, 0.6) is 0 Å². The molecule has 1 aromatic heterocycles. The second kappa shape index (κ2) is 7.82. The van der Waals surface area contributed by atoms with Crippen LogP contribution in [0.1, 0.15) is 31.1 Å². The van der Waals surface area contributed by atoms with Crippen LogP contribution in [0.15, 0.2) is 23.1 Å². The highest BCUT2D eigenvalue weighted by Crippen LogP contribution is 2.18. The van der Waals surface area contributed by atoms with Crippen LogP contribution in [0, 0.1) is 11.6 Å². The van der Waals surface area contributed by atoms with Gasteiger partial charge in [0.1, 0.15) is 17.2 Å². The van der Waals surface area contributed by atoms with E-state index in [1.54, 1.807) is 0 Å². The molecule has 1 aromatic carbocycles. The lowest BCUT2D eigenvalue weighted by atomic mass is 10.1. The quantitative estimate of drug-likeness (QED) is 0.906. The third kappa shape index (κ3) is 3.92. The molecule has 1 amide bonds. The van der Waals surface area contributed by atoms with Crippen molar-refractivity contribution in [2.45, 2.75) is 26.9 Å². The summed E-state index contributed by atoms with van der Waals surface area (Å²) < 4.78 is 28.7. The number of nitrogens with zero attached hydrogens (tertiary/aromatic N) is 1. The summed E-state index contributed by atoms with van der Waals surface area (Å²) in [5, 5.41) is 11.0. The molecule has 1 heterocycles. The van der Waals surface area contributed by atoms with Gasteiger partial charge in [0.15, 0.2) is 0 Å². The smallest absolute Gasteiger partial charge is 0.256 e. The molecule has 0 radical (unpaired) electrons. The van der Waals surface area contributed by atoms with E-state index in [-0.39, 0.29) is 17.6 Å². The summed E-state index contributed by atoms with van der Waals surface area (Å²) >= 11 is 0. The van der Waals surface area contributed by atoms with Gasteiger partial charge in [-0.25, -0.2) is 8.78 Å². The van der Waals surface area contributed by atoms with Crippen molar-refractivity contribution in [1.82, 2.24) is 9.88 Å². The zero-order valence-electron chi connectivity index (χ0n) is 13.5. The van der Waals surface area contributed by atoms with Crippen LogP contribution in [0.25, 0.3) is 10.9 Å².